The predicted molar refractivity (Wildman–Crippen MR) is 150 cm³/mol. The Kier molecular flexibility index (Phi) is 7.06. The maximum Gasteiger partial charge on any atom is 0.273 e. The Bertz CT molecular complexity index is 1650. The molecule has 2 amide bonds. The fourth-order valence-corrected chi connectivity index (χ4v) is 5.28. The van der Waals surface area contributed by atoms with Gasteiger partial charge in [0.05, 0.1) is 36.6 Å². The predicted octanol–water partition coefficient (Wildman–Crippen LogP) is 0.595. The highest BCUT2D eigenvalue weighted by atomic mass is 32.2. The minimum absolute atomic E-state index is 0.0795. The van der Waals surface area contributed by atoms with E-state index in [0.717, 1.165) is 12.8 Å². The van der Waals surface area contributed by atoms with Crippen molar-refractivity contribution in [2.45, 2.75) is 19.4 Å². The van der Waals surface area contributed by atoms with Crippen LogP contribution < -0.4 is 20.7 Å². The highest BCUT2D eigenvalue weighted by Crippen LogP contribution is 2.35. The van der Waals surface area contributed by atoms with Gasteiger partial charge in [0.25, 0.3) is 5.91 Å². The number of aromatic nitrogens is 5. The van der Waals surface area contributed by atoms with Crippen LogP contribution in [-0.2, 0) is 21.4 Å². The summed E-state index contributed by atoms with van der Waals surface area (Å²) in [5, 5.41) is 24.0. The summed E-state index contributed by atoms with van der Waals surface area (Å²) >= 11 is 0. The number of carbonyl (C=O) groups excluding carboxylic acids is 2. The van der Waals surface area contributed by atoms with Crippen molar-refractivity contribution in [3.05, 3.63) is 41.9 Å². The molecule has 1 aromatic carbocycles. The first kappa shape index (κ1) is 24.6. The first-order valence-electron chi connectivity index (χ1n) is 14.3. The van der Waals surface area contributed by atoms with Crippen molar-refractivity contribution in [2.75, 3.05) is 57.2 Å². The zero-order valence-corrected chi connectivity index (χ0v) is 23.3. The van der Waals surface area contributed by atoms with E-state index in [2.05, 4.69) is 36.0 Å². The van der Waals surface area contributed by atoms with E-state index in [9.17, 15) is 18.0 Å². The molecule has 0 radical (unpaired) electrons. The average Bonchev–Trinajstić information content (AvgIpc) is 3.71. The summed E-state index contributed by atoms with van der Waals surface area (Å²) < 4.78 is 54.5. The van der Waals surface area contributed by atoms with E-state index in [1.807, 2.05) is 5.32 Å². The fourth-order valence-electron chi connectivity index (χ4n) is 4.45. The van der Waals surface area contributed by atoms with Crippen molar-refractivity contribution >= 4 is 39.0 Å². The summed E-state index contributed by atoms with van der Waals surface area (Å²) in [7, 11) is -1.78. The molecule has 15 nitrogen and oxygen atoms in total. The fraction of sp³-hybridized carbons (Fsp3) is 0.440. The van der Waals surface area contributed by atoms with Crippen LogP contribution >= 0.6 is 0 Å². The van der Waals surface area contributed by atoms with E-state index >= 15 is 0 Å². The van der Waals surface area contributed by atoms with Gasteiger partial charge in [-0.15, -0.1) is 15.3 Å². The van der Waals surface area contributed by atoms with Crippen LogP contribution in [0.5, 0.6) is 5.75 Å². The monoisotopic (exact) mass is 587 g/mol. The molecule has 0 atom stereocenters. The van der Waals surface area contributed by atoms with Crippen LogP contribution in [0.4, 0.5) is 17.2 Å². The molecule has 16 heteroatoms. The molecule has 1 aliphatic carbocycles. The molecule has 5 rings (SSSR count). The Balaban J connectivity index is 1.38. The second kappa shape index (κ2) is 11.8. The van der Waals surface area contributed by atoms with E-state index in [0.29, 0.717) is 55.5 Å². The number of carbonyl (C=O) groups is 2. The van der Waals surface area contributed by atoms with Gasteiger partial charge in [0.15, 0.2) is 17.3 Å². The first-order valence-corrected chi connectivity index (χ1v) is 14.7. The lowest BCUT2D eigenvalue weighted by Crippen LogP contribution is -2.47. The lowest BCUT2D eigenvalue weighted by molar-refractivity contribution is -0.117. The largest absolute Gasteiger partial charge is 0.492 e. The Hall–Kier alpha value is -4.15. The third-order valence-corrected chi connectivity index (χ3v) is 8.07. The van der Waals surface area contributed by atoms with Crippen LogP contribution in [0.25, 0.3) is 5.69 Å². The van der Waals surface area contributed by atoms with Crippen molar-refractivity contribution in [3.63, 3.8) is 0 Å². The lowest BCUT2D eigenvalue weighted by Gasteiger charge is -2.32. The summed E-state index contributed by atoms with van der Waals surface area (Å²) in [4.78, 5) is 27.2. The van der Waals surface area contributed by atoms with Crippen LogP contribution in [0.1, 0.15) is 33.1 Å². The van der Waals surface area contributed by atoms with E-state index in [4.69, 9.17) is 8.85 Å². The molecule has 0 spiro atoms. The number of para-hydroxylation sites is 1. The minimum atomic E-state index is -3.23. The van der Waals surface area contributed by atoms with E-state index in [1.54, 1.807) is 24.4 Å². The molecule has 3 heterocycles. The van der Waals surface area contributed by atoms with Crippen LogP contribution in [0, 0.1) is 5.92 Å². The number of methoxy groups -OCH3 is 1. The molecule has 218 valence electrons. The summed E-state index contributed by atoms with van der Waals surface area (Å²) in [6.07, 6.45) is 4.49. The zero-order valence-electron chi connectivity index (χ0n) is 25.5. The van der Waals surface area contributed by atoms with Gasteiger partial charge in [-0.2, -0.15) is 4.31 Å². The highest BCUT2D eigenvalue weighted by Gasteiger charge is 2.30. The number of ether oxygens (including phenoxy) is 1. The Morgan fingerprint density at radius 1 is 1.12 bits per heavy atom. The number of piperazine rings is 1. The van der Waals surface area contributed by atoms with E-state index < -0.39 is 22.9 Å². The Labute approximate surface area is 241 Å². The van der Waals surface area contributed by atoms with Gasteiger partial charge in [-0.3, -0.25) is 14.5 Å². The van der Waals surface area contributed by atoms with Crippen molar-refractivity contribution in [1.82, 2.24) is 39.7 Å². The maximum absolute atomic E-state index is 12.8. The van der Waals surface area contributed by atoms with Crippen molar-refractivity contribution in [2.24, 2.45) is 5.92 Å². The molecule has 1 aliphatic heterocycles. The molecule has 2 fully saturated rings. The topological polar surface area (TPSA) is 177 Å². The number of rotatable bonds is 10. The number of hydrogen-bond donors (Lipinski definition) is 3. The molecule has 2 aliphatic rings. The molecule has 0 bridgehead atoms. The van der Waals surface area contributed by atoms with Crippen molar-refractivity contribution in [1.29, 1.82) is 0 Å². The van der Waals surface area contributed by atoms with Crippen molar-refractivity contribution in [3.8, 4) is 11.4 Å². The molecule has 0 unspecified atom stereocenters. The third kappa shape index (κ3) is 6.61. The number of amides is 2. The minimum Gasteiger partial charge on any atom is -0.492 e. The van der Waals surface area contributed by atoms with Crippen LogP contribution in [0.3, 0.4) is 0 Å². The standard InChI is InChI=1S/C25H32N10O5S/c1-26-25(37)22-19(13-21(30-31-22)28-24(36)16-7-8-16)27-18-5-4-6-20(23(18)40-2)35-15-17(29-32-35)14-33-9-11-34(12-10-33)41(3,38)39/h4-6,13,15-16H,7-12,14H2,1-3H3,(H,26,37)(H2,27,28,30,36)/i1D3. The maximum atomic E-state index is 12.8. The molecule has 1 saturated heterocycles. The lowest BCUT2D eigenvalue weighted by atomic mass is 10.2. The van der Waals surface area contributed by atoms with E-state index in [1.165, 1.54) is 28.4 Å². The average molecular weight is 588 g/mol. The van der Waals surface area contributed by atoms with Crippen LogP contribution in [0.2, 0.25) is 0 Å². The molecular formula is C25H32N10O5S. The Morgan fingerprint density at radius 3 is 2.59 bits per heavy atom. The van der Waals surface area contributed by atoms with Gasteiger partial charge in [0, 0.05) is 55.8 Å². The zero-order chi connectivity index (χ0) is 31.6. The number of hydrogen-bond acceptors (Lipinski definition) is 11. The highest BCUT2D eigenvalue weighted by molar-refractivity contribution is 7.88. The van der Waals surface area contributed by atoms with Crippen LogP contribution in [-0.4, -0.2) is 101 Å². The molecule has 41 heavy (non-hydrogen) atoms. The molecular weight excluding hydrogens is 552 g/mol. The number of nitrogens with one attached hydrogen (secondary N) is 3. The normalized spacial score (nSPS) is 17.7. The molecule has 3 N–H and O–H groups in total. The van der Waals surface area contributed by atoms with Gasteiger partial charge in [-0.1, -0.05) is 11.3 Å². The van der Waals surface area contributed by atoms with Crippen molar-refractivity contribution < 1.29 is 26.9 Å². The van der Waals surface area contributed by atoms with Gasteiger partial charge >= 0.3 is 0 Å². The second-order valence-corrected chi connectivity index (χ2v) is 11.8. The SMILES string of the molecule is [2H]C([2H])([2H])NC(=O)c1nnc(NC(=O)C2CC2)cc1Nc1cccc(-n2cc(CN3CCN(S(C)(=O)=O)CC3)nn2)c1OC. The molecule has 2 aromatic heterocycles. The smallest absolute Gasteiger partial charge is 0.273 e. The van der Waals surface area contributed by atoms with Gasteiger partial charge in [0.2, 0.25) is 15.9 Å². The second-order valence-electron chi connectivity index (χ2n) is 9.79. The Morgan fingerprint density at radius 2 is 1.90 bits per heavy atom. The van der Waals surface area contributed by atoms with Gasteiger partial charge < -0.3 is 20.7 Å². The first-order chi connectivity index (χ1) is 20.8. The number of sulfonamides is 1. The third-order valence-electron chi connectivity index (χ3n) is 6.76. The van der Waals surface area contributed by atoms with Gasteiger partial charge in [-0.25, -0.2) is 13.1 Å². The van der Waals surface area contributed by atoms with E-state index in [-0.39, 0.29) is 29.0 Å². The number of nitrogens with zero attached hydrogens (tertiary/aromatic N) is 7. The molecule has 3 aromatic rings. The van der Waals surface area contributed by atoms with Gasteiger partial charge in [-0.05, 0) is 25.0 Å². The van der Waals surface area contributed by atoms with Crippen LogP contribution in [0.15, 0.2) is 30.5 Å². The number of anilines is 3. The molecule has 1 saturated carbocycles. The van der Waals surface area contributed by atoms with Gasteiger partial charge in [0.1, 0.15) is 5.69 Å². The number of benzene rings is 1. The summed E-state index contributed by atoms with van der Waals surface area (Å²) in [6, 6.07) is 6.54. The summed E-state index contributed by atoms with van der Waals surface area (Å²) in [6.45, 7) is -0.378. The quantitative estimate of drug-likeness (QED) is 0.303. The summed E-state index contributed by atoms with van der Waals surface area (Å²) in [5.74, 6) is -0.901. The summed E-state index contributed by atoms with van der Waals surface area (Å²) in [5.41, 5.74) is 1.33.